The van der Waals surface area contributed by atoms with Crippen molar-refractivity contribution < 1.29 is 18.0 Å². The van der Waals surface area contributed by atoms with Crippen LogP contribution in [-0.4, -0.2) is 10.9 Å². The molecule has 4 rings (SSSR count). The van der Waals surface area contributed by atoms with Crippen molar-refractivity contribution >= 4 is 51.7 Å². The van der Waals surface area contributed by atoms with E-state index in [2.05, 4.69) is 10.3 Å². The van der Waals surface area contributed by atoms with Gasteiger partial charge in [0, 0.05) is 44.7 Å². The van der Waals surface area contributed by atoms with Crippen molar-refractivity contribution in [2.24, 2.45) is 0 Å². The summed E-state index contributed by atoms with van der Waals surface area (Å²) in [6, 6.07) is 16.3. The van der Waals surface area contributed by atoms with Gasteiger partial charge in [-0.3, -0.25) is 9.78 Å². The summed E-state index contributed by atoms with van der Waals surface area (Å²) in [5.74, 6) is -0.315. The zero-order chi connectivity index (χ0) is 23.4. The molecule has 2 aromatic carbocycles. The fourth-order valence-electron chi connectivity index (χ4n) is 3.38. The Morgan fingerprint density at radius 3 is 2.47 bits per heavy atom. The Hall–Kier alpha value is -3.42. The van der Waals surface area contributed by atoms with E-state index in [1.807, 2.05) is 43.3 Å². The largest absolute Gasteiger partial charge is 0.416 e. The van der Waals surface area contributed by atoms with E-state index < -0.39 is 11.7 Å². The molecule has 2 heterocycles. The van der Waals surface area contributed by atoms with Crippen molar-refractivity contribution in [1.29, 1.82) is 0 Å². The number of benzene rings is 2. The molecule has 1 N–H and O–H groups in total. The highest BCUT2D eigenvalue weighted by molar-refractivity contribution is 7.13. The van der Waals surface area contributed by atoms with Crippen LogP contribution < -0.4 is 5.32 Å². The Labute approximate surface area is 205 Å². The first-order valence-electron chi connectivity index (χ1n) is 10.1. The minimum atomic E-state index is -4.39. The molecule has 0 aliphatic heterocycles. The Morgan fingerprint density at radius 1 is 1.03 bits per heavy atom. The van der Waals surface area contributed by atoms with Crippen molar-refractivity contribution in [3.05, 3.63) is 112 Å². The van der Waals surface area contributed by atoms with Crippen molar-refractivity contribution in [3.8, 4) is 0 Å². The second-order valence-corrected chi connectivity index (χ2v) is 8.60. The number of thiophene rings is 1. The van der Waals surface area contributed by atoms with Gasteiger partial charge in [-0.1, -0.05) is 36.4 Å². The highest BCUT2D eigenvalue weighted by Crippen LogP contribution is 2.33. The van der Waals surface area contributed by atoms with E-state index in [0.717, 1.165) is 38.2 Å². The molecule has 174 valence electrons. The molecule has 2 aromatic heterocycles. The predicted molar refractivity (Wildman–Crippen MR) is 134 cm³/mol. The number of nitrogens with zero attached hydrogens (tertiary/aromatic N) is 1. The molecule has 0 bridgehead atoms. The molecule has 1 amide bonds. The van der Waals surface area contributed by atoms with Crippen LogP contribution in [0.4, 0.5) is 18.9 Å². The molecule has 0 fully saturated rings. The first-order chi connectivity index (χ1) is 15.8. The summed E-state index contributed by atoms with van der Waals surface area (Å²) in [5.41, 5.74) is 1.34. The summed E-state index contributed by atoms with van der Waals surface area (Å²) in [7, 11) is 0. The molecule has 34 heavy (non-hydrogen) atoms. The van der Waals surface area contributed by atoms with E-state index in [4.69, 9.17) is 0 Å². The van der Waals surface area contributed by atoms with Gasteiger partial charge in [-0.25, -0.2) is 0 Å². The molecule has 4 aromatic rings. The zero-order valence-corrected chi connectivity index (χ0v) is 19.6. The first kappa shape index (κ1) is 25.2. The minimum absolute atomic E-state index is 0. The topological polar surface area (TPSA) is 42.0 Å². The molecule has 0 atom stereocenters. The third-order valence-electron chi connectivity index (χ3n) is 4.98. The molecule has 0 saturated heterocycles. The molecule has 0 saturated carbocycles. The molecule has 3 nitrogen and oxygen atoms in total. The lowest BCUT2D eigenvalue weighted by Gasteiger charge is -2.09. The lowest BCUT2D eigenvalue weighted by Crippen LogP contribution is -2.08. The standard InChI is InChI=1S/C26H19F3N2OS.ClH/c1-17-8-13-24(33-17)22(18-9-11-20(12-10-18)26(27,28)29)5-3-7-25(32)31-23-6-2-4-19-16-30-15-14-21(19)23;/h2-16H,1H3,(H,31,32);1H/b7-3+,22-5+;. The monoisotopic (exact) mass is 500 g/mol. The van der Waals surface area contributed by atoms with Gasteiger partial charge >= 0.3 is 6.18 Å². The molecular formula is C26H20ClF3N2OS. The Kier molecular flexibility index (Phi) is 7.91. The van der Waals surface area contributed by atoms with Crippen LogP contribution in [0.25, 0.3) is 16.3 Å². The molecule has 0 aliphatic rings. The van der Waals surface area contributed by atoms with Crippen molar-refractivity contribution in [3.63, 3.8) is 0 Å². The van der Waals surface area contributed by atoms with Crippen LogP contribution in [0.1, 0.15) is 20.9 Å². The van der Waals surface area contributed by atoms with Gasteiger partial charge in [0.1, 0.15) is 0 Å². The number of carbonyl (C=O) groups is 1. The molecule has 8 heteroatoms. The van der Waals surface area contributed by atoms with Crippen LogP contribution in [0.15, 0.2) is 91.3 Å². The number of allylic oxidation sites excluding steroid dienone is 2. The number of anilines is 1. The van der Waals surface area contributed by atoms with Crippen molar-refractivity contribution in [1.82, 2.24) is 4.98 Å². The zero-order valence-electron chi connectivity index (χ0n) is 18.0. The number of pyridine rings is 1. The quantitative estimate of drug-likeness (QED) is 0.225. The summed E-state index contributed by atoms with van der Waals surface area (Å²) < 4.78 is 38.8. The number of hydrogen-bond donors (Lipinski definition) is 1. The molecule has 0 aliphatic carbocycles. The third-order valence-corrected chi connectivity index (χ3v) is 6.01. The van der Waals surface area contributed by atoms with Crippen LogP contribution in [-0.2, 0) is 11.0 Å². The Bertz CT molecular complexity index is 1350. The van der Waals surface area contributed by atoms with Gasteiger partial charge in [0.05, 0.1) is 5.56 Å². The normalized spacial score (nSPS) is 12.1. The fourth-order valence-corrected chi connectivity index (χ4v) is 4.29. The Morgan fingerprint density at radius 2 is 1.79 bits per heavy atom. The maximum absolute atomic E-state index is 12.9. The van der Waals surface area contributed by atoms with E-state index >= 15 is 0 Å². The number of carbonyl (C=O) groups excluding carboxylic acids is 1. The number of alkyl halides is 3. The summed E-state index contributed by atoms with van der Waals surface area (Å²) in [6.07, 6.45) is 3.73. The van der Waals surface area contributed by atoms with Gasteiger partial charge in [0.25, 0.3) is 0 Å². The van der Waals surface area contributed by atoms with Gasteiger partial charge in [0.2, 0.25) is 5.91 Å². The SMILES string of the molecule is Cc1ccc(/C(=C/C=C/C(=O)Nc2cccc3cnccc23)c2ccc(C(F)(F)F)cc2)s1.Cl. The summed E-state index contributed by atoms with van der Waals surface area (Å²) >= 11 is 1.53. The third kappa shape index (κ3) is 5.92. The number of amides is 1. The highest BCUT2D eigenvalue weighted by atomic mass is 35.5. The second-order valence-electron chi connectivity index (χ2n) is 7.32. The number of aromatic nitrogens is 1. The minimum Gasteiger partial charge on any atom is -0.322 e. The van der Waals surface area contributed by atoms with Crippen LogP contribution in [0, 0.1) is 6.92 Å². The number of aryl methyl sites for hydroxylation is 1. The van der Waals surface area contributed by atoms with Gasteiger partial charge in [0.15, 0.2) is 0 Å². The number of fused-ring (bicyclic) bond motifs is 1. The molecule has 0 unspecified atom stereocenters. The molecule has 0 radical (unpaired) electrons. The van der Waals surface area contributed by atoms with Crippen LogP contribution in [0.3, 0.4) is 0 Å². The smallest absolute Gasteiger partial charge is 0.322 e. The van der Waals surface area contributed by atoms with E-state index in [1.54, 1.807) is 24.5 Å². The Balaban J connectivity index is 0.00000324. The maximum Gasteiger partial charge on any atom is 0.416 e. The predicted octanol–water partition coefficient (Wildman–Crippen LogP) is 7.67. The first-order valence-corrected chi connectivity index (χ1v) is 10.9. The lowest BCUT2D eigenvalue weighted by atomic mass is 10.0. The van der Waals surface area contributed by atoms with Crippen LogP contribution >= 0.6 is 23.7 Å². The van der Waals surface area contributed by atoms with Gasteiger partial charge in [-0.2, -0.15) is 13.2 Å². The average Bonchev–Trinajstić information content (AvgIpc) is 3.22. The van der Waals surface area contributed by atoms with E-state index in [9.17, 15) is 18.0 Å². The number of nitrogens with one attached hydrogen (secondary N) is 1. The van der Waals surface area contributed by atoms with E-state index in [-0.39, 0.29) is 18.3 Å². The summed E-state index contributed by atoms with van der Waals surface area (Å²) in [5, 5.41) is 4.65. The number of halogens is 4. The summed E-state index contributed by atoms with van der Waals surface area (Å²) in [4.78, 5) is 18.6. The van der Waals surface area contributed by atoms with Gasteiger partial charge < -0.3 is 5.32 Å². The van der Waals surface area contributed by atoms with E-state index in [1.165, 1.54) is 29.5 Å². The number of hydrogen-bond acceptors (Lipinski definition) is 3. The fraction of sp³-hybridized carbons (Fsp3) is 0.0769. The summed E-state index contributed by atoms with van der Waals surface area (Å²) in [6.45, 7) is 1.96. The van der Waals surface area contributed by atoms with Crippen molar-refractivity contribution in [2.45, 2.75) is 13.1 Å². The van der Waals surface area contributed by atoms with Crippen LogP contribution in [0.5, 0.6) is 0 Å². The number of rotatable bonds is 5. The maximum atomic E-state index is 12.9. The highest BCUT2D eigenvalue weighted by Gasteiger charge is 2.30. The molecular weight excluding hydrogens is 481 g/mol. The van der Waals surface area contributed by atoms with Crippen LogP contribution in [0.2, 0.25) is 0 Å². The second kappa shape index (κ2) is 10.7. The average molecular weight is 501 g/mol. The van der Waals surface area contributed by atoms with Gasteiger partial charge in [-0.05, 0) is 54.5 Å². The lowest BCUT2D eigenvalue weighted by molar-refractivity contribution is -0.137. The van der Waals surface area contributed by atoms with Gasteiger partial charge in [-0.15, -0.1) is 23.7 Å². The van der Waals surface area contributed by atoms with E-state index in [0.29, 0.717) is 11.3 Å². The molecule has 0 spiro atoms. The van der Waals surface area contributed by atoms with Crippen molar-refractivity contribution in [2.75, 3.05) is 5.32 Å².